The summed E-state index contributed by atoms with van der Waals surface area (Å²) >= 11 is 6.06. The van der Waals surface area contributed by atoms with Crippen molar-refractivity contribution in [3.8, 4) is 5.75 Å². The number of carbonyl (C=O) groups excluding carboxylic acids is 1. The van der Waals surface area contributed by atoms with Crippen molar-refractivity contribution in [2.45, 2.75) is 6.54 Å². The summed E-state index contributed by atoms with van der Waals surface area (Å²) in [5, 5.41) is 1.66. The highest BCUT2D eigenvalue weighted by Crippen LogP contribution is 2.24. The van der Waals surface area contributed by atoms with Crippen LogP contribution in [0.3, 0.4) is 0 Å². The lowest BCUT2D eigenvalue weighted by molar-refractivity contribution is 0.0784. The van der Waals surface area contributed by atoms with Crippen molar-refractivity contribution in [1.82, 2.24) is 4.90 Å². The minimum absolute atomic E-state index is 0.217. The fourth-order valence-corrected chi connectivity index (χ4v) is 4.09. The molecule has 0 fully saturated rings. The van der Waals surface area contributed by atoms with Crippen molar-refractivity contribution in [1.29, 1.82) is 0 Å². The molecule has 0 heterocycles. The average Bonchev–Trinajstić information content (AvgIpc) is 2.78. The van der Waals surface area contributed by atoms with Crippen LogP contribution in [0.2, 0.25) is 5.02 Å². The van der Waals surface area contributed by atoms with Crippen molar-refractivity contribution in [2.75, 3.05) is 18.9 Å². The molecule has 0 saturated heterocycles. The first-order valence-electron chi connectivity index (χ1n) is 9.71. The number of methoxy groups -OCH3 is 1. The fraction of sp³-hybridized carbons (Fsp3) is 0.125. The third-order valence-corrected chi connectivity index (χ3v) is 5.88. The molecule has 0 saturated carbocycles. The standard InChI is InChI=1S/C24H23ClN2O4S/c1-27(17-20-16-21(25)10-13-23(20)31-2)24(28)19-8-11-22(12-9-19)26-32(29,30)15-14-18-6-4-3-5-7-18/h3-16,26H,17H2,1-2H3/b15-14+. The quantitative estimate of drug-likeness (QED) is 0.500. The van der Waals surface area contributed by atoms with Crippen molar-refractivity contribution in [2.24, 2.45) is 0 Å². The Labute approximate surface area is 193 Å². The monoisotopic (exact) mass is 470 g/mol. The zero-order valence-electron chi connectivity index (χ0n) is 17.7. The predicted octanol–water partition coefficient (Wildman–Crippen LogP) is 5.03. The van der Waals surface area contributed by atoms with Crippen LogP contribution in [0.15, 0.2) is 78.2 Å². The summed E-state index contributed by atoms with van der Waals surface area (Å²) < 4.78 is 32.4. The van der Waals surface area contributed by atoms with Crippen LogP contribution in [0.4, 0.5) is 5.69 Å². The molecule has 0 spiro atoms. The van der Waals surface area contributed by atoms with Gasteiger partial charge in [-0.2, -0.15) is 0 Å². The lowest BCUT2D eigenvalue weighted by Gasteiger charge is -2.19. The van der Waals surface area contributed by atoms with Crippen LogP contribution >= 0.6 is 11.6 Å². The highest BCUT2D eigenvalue weighted by molar-refractivity contribution is 7.95. The van der Waals surface area contributed by atoms with Crippen molar-refractivity contribution >= 4 is 39.3 Å². The average molecular weight is 471 g/mol. The molecule has 8 heteroatoms. The van der Waals surface area contributed by atoms with E-state index < -0.39 is 10.0 Å². The zero-order chi connectivity index (χ0) is 23.1. The highest BCUT2D eigenvalue weighted by atomic mass is 35.5. The molecule has 0 aliphatic rings. The van der Waals surface area contributed by atoms with E-state index in [0.717, 1.165) is 16.5 Å². The summed E-state index contributed by atoms with van der Waals surface area (Å²) in [5.41, 5.74) is 2.35. The molecule has 1 N–H and O–H groups in total. The lowest BCUT2D eigenvalue weighted by atomic mass is 10.1. The minimum Gasteiger partial charge on any atom is -0.496 e. The van der Waals surface area contributed by atoms with Gasteiger partial charge in [-0.25, -0.2) is 8.42 Å². The van der Waals surface area contributed by atoms with Gasteiger partial charge in [0.15, 0.2) is 0 Å². The van der Waals surface area contributed by atoms with Crippen molar-refractivity contribution in [3.63, 3.8) is 0 Å². The summed E-state index contributed by atoms with van der Waals surface area (Å²) in [6.45, 7) is 0.307. The second-order valence-electron chi connectivity index (χ2n) is 7.06. The van der Waals surface area contributed by atoms with Crippen LogP contribution in [-0.2, 0) is 16.6 Å². The van der Waals surface area contributed by atoms with Crippen molar-refractivity contribution < 1.29 is 17.9 Å². The Bertz CT molecular complexity index is 1210. The second kappa shape index (κ2) is 10.3. The van der Waals surface area contributed by atoms with E-state index in [9.17, 15) is 13.2 Å². The summed E-state index contributed by atoms with van der Waals surface area (Å²) in [6, 6.07) is 20.6. The maximum absolute atomic E-state index is 12.8. The molecule has 3 aromatic rings. The number of benzene rings is 3. The van der Waals surface area contributed by atoms with E-state index in [1.165, 1.54) is 11.0 Å². The number of sulfonamides is 1. The van der Waals surface area contributed by atoms with Crippen LogP contribution in [0, 0.1) is 0 Å². The number of rotatable bonds is 8. The Morgan fingerprint density at radius 1 is 1.06 bits per heavy atom. The molecule has 0 aliphatic carbocycles. The summed E-state index contributed by atoms with van der Waals surface area (Å²) in [6.07, 6.45) is 1.51. The summed E-state index contributed by atoms with van der Waals surface area (Å²) in [4.78, 5) is 14.3. The van der Waals surface area contributed by atoms with Gasteiger partial charge >= 0.3 is 0 Å². The molecule has 166 valence electrons. The number of halogens is 1. The van der Waals surface area contributed by atoms with Gasteiger partial charge in [0.05, 0.1) is 12.5 Å². The molecule has 0 bridgehead atoms. The maximum atomic E-state index is 12.8. The molecule has 0 radical (unpaired) electrons. The number of carbonyl (C=O) groups is 1. The largest absolute Gasteiger partial charge is 0.496 e. The second-order valence-corrected chi connectivity index (χ2v) is 9.06. The molecule has 3 rings (SSSR count). The molecule has 3 aromatic carbocycles. The van der Waals surface area contributed by atoms with Gasteiger partial charge in [-0.05, 0) is 54.1 Å². The number of nitrogens with zero attached hydrogens (tertiary/aromatic N) is 1. The first-order chi connectivity index (χ1) is 15.3. The van der Waals surface area contributed by atoms with E-state index in [-0.39, 0.29) is 5.91 Å². The summed E-state index contributed by atoms with van der Waals surface area (Å²) in [5.74, 6) is 0.424. The molecule has 6 nitrogen and oxygen atoms in total. The molecule has 0 atom stereocenters. The SMILES string of the molecule is COc1ccc(Cl)cc1CN(C)C(=O)c1ccc(NS(=O)(=O)/C=C/c2ccccc2)cc1. The predicted molar refractivity (Wildman–Crippen MR) is 128 cm³/mol. The van der Waals surface area contributed by atoms with E-state index in [1.54, 1.807) is 56.6 Å². The van der Waals surface area contributed by atoms with Crippen LogP contribution in [0.5, 0.6) is 5.75 Å². The van der Waals surface area contributed by atoms with Gasteiger partial charge in [0, 0.05) is 35.4 Å². The van der Waals surface area contributed by atoms with Crippen LogP contribution in [-0.4, -0.2) is 33.4 Å². The lowest BCUT2D eigenvalue weighted by Crippen LogP contribution is -2.26. The van der Waals surface area contributed by atoms with Crippen LogP contribution < -0.4 is 9.46 Å². The van der Waals surface area contributed by atoms with Crippen LogP contribution in [0.1, 0.15) is 21.5 Å². The van der Waals surface area contributed by atoms with Gasteiger partial charge in [0.25, 0.3) is 15.9 Å². The number of hydrogen-bond donors (Lipinski definition) is 1. The first-order valence-corrected chi connectivity index (χ1v) is 11.6. The normalized spacial score (nSPS) is 11.3. The third kappa shape index (κ3) is 6.35. The third-order valence-electron chi connectivity index (χ3n) is 4.63. The number of hydrogen-bond acceptors (Lipinski definition) is 4. The Balaban J connectivity index is 1.66. The van der Waals surface area contributed by atoms with E-state index >= 15 is 0 Å². The number of ether oxygens (including phenoxy) is 1. The molecule has 0 unspecified atom stereocenters. The van der Waals surface area contributed by atoms with Gasteiger partial charge in [-0.3, -0.25) is 9.52 Å². The molecule has 32 heavy (non-hydrogen) atoms. The van der Waals surface area contributed by atoms with Gasteiger partial charge in [-0.15, -0.1) is 0 Å². The maximum Gasteiger partial charge on any atom is 0.255 e. The smallest absolute Gasteiger partial charge is 0.255 e. The Morgan fingerprint density at radius 3 is 2.41 bits per heavy atom. The molecular formula is C24H23ClN2O4S. The first kappa shape index (κ1) is 23.4. The highest BCUT2D eigenvalue weighted by Gasteiger charge is 2.15. The Morgan fingerprint density at radius 2 is 1.75 bits per heavy atom. The van der Waals surface area contributed by atoms with Crippen molar-refractivity contribution in [3.05, 3.63) is 99.9 Å². The molecular weight excluding hydrogens is 448 g/mol. The van der Waals surface area contributed by atoms with Gasteiger partial charge < -0.3 is 9.64 Å². The molecule has 0 aliphatic heterocycles. The van der Waals surface area contributed by atoms with Gasteiger partial charge in [-0.1, -0.05) is 41.9 Å². The number of anilines is 1. The van der Waals surface area contributed by atoms with Gasteiger partial charge in [0.2, 0.25) is 0 Å². The van der Waals surface area contributed by atoms with E-state index in [4.69, 9.17) is 16.3 Å². The van der Waals surface area contributed by atoms with Crippen LogP contribution in [0.25, 0.3) is 6.08 Å². The molecule has 1 amide bonds. The van der Waals surface area contributed by atoms with E-state index in [0.29, 0.717) is 28.6 Å². The van der Waals surface area contributed by atoms with E-state index in [2.05, 4.69) is 4.72 Å². The Kier molecular flexibility index (Phi) is 7.56. The number of nitrogens with one attached hydrogen (secondary N) is 1. The summed E-state index contributed by atoms with van der Waals surface area (Å²) in [7, 11) is -0.454. The zero-order valence-corrected chi connectivity index (χ0v) is 19.2. The minimum atomic E-state index is -3.69. The topological polar surface area (TPSA) is 75.7 Å². The van der Waals surface area contributed by atoms with E-state index in [1.807, 2.05) is 30.3 Å². The Hall–Kier alpha value is -3.29. The van der Waals surface area contributed by atoms with Gasteiger partial charge in [0.1, 0.15) is 5.75 Å². The molecule has 0 aromatic heterocycles. The fourth-order valence-electron chi connectivity index (χ4n) is 3.03. The number of amides is 1.